The van der Waals surface area contributed by atoms with E-state index >= 15 is 4.79 Å². The number of sulfonamides is 1. The Balaban J connectivity index is 1.25. The predicted molar refractivity (Wildman–Crippen MR) is 201 cm³/mol. The first-order valence-corrected chi connectivity index (χ1v) is 21.4. The van der Waals surface area contributed by atoms with Gasteiger partial charge >= 0.3 is 0 Å². The SMILES string of the molecule is C=C[C@@H]1C[C@]1(CC(=O)[C@@H]1C[C@@]2(CN1C(=O)[C@@H](CC(=O)C[C@H](C(=O)N1CCOCC1)C(C)(C)C)C(C)(C)C)C(C)(C)C21CCC1)C(=O)NS(=O)(=O)C1CC1. The third-order valence-electron chi connectivity index (χ3n) is 14.9. The first kappa shape index (κ1) is 40.1. The van der Waals surface area contributed by atoms with Crippen LogP contribution in [0.5, 0.6) is 0 Å². The van der Waals surface area contributed by atoms with Gasteiger partial charge in [0.05, 0.1) is 29.9 Å². The molecule has 2 heterocycles. The maximum Gasteiger partial charge on any atom is 0.240 e. The fraction of sp³-hybridized carbons (Fsp3) is 0.829. The minimum Gasteiger partial charge on any atom is -0.378 e. The van der Waals surface area contributed by atoms with Crippen molar-refractivity contribution in [2.24, 2.45) is 50.2 Å². The summed E-state index contributed by atoms with van der Waals surface area (Å²) in [5.41, 5.74) is -2.63. The molecule has 6 fully saturated rings. The molecular formula is C41H63N3O8S. The van der Waals surface area contributed by atoms with Gasteiger partial charge in [0, 0.05) is 56.1 Å². The summed E-state index contributed by atoms with van der Waals surface area (Å²) in [6.07, 6.45) is 6.45. The number of morpholine rings is 1. The lowest BCUT2D eigenvalue weighted by molar-refractivity contribution is -0.148. The highest BCUT2D eigenvalue weighted by atomic mass is 32.2. The van der Waals surface area contributed by atoms with Crippen molar-refractivity contribution in [2.45, 2.75) is 131 Å². The van der Waals surface area contributed by atoms with E-state index in [4.69, 9.17) is 4.74 Å². The third-order valence-corrected chi connectivity index (χ3v) is 16.7. The van der Waals surface area contributed by atoms with Crippen molar-refractivity contribution in [3.05, 3.63) is 12.7 Å². The van der Waals surface area contributed by atoms with E-state index in [9.17, 15) is 27.6 Å². The quantitative estimate of drug-likeness (QED) is 0.256. The van der Waals surface area contributed by atoms with E-state index in [0.717, 1.165) is 19.3 Å². The van der Waals surface area contributed by atoms with E-state index in [-0.39, 0.29) is 64.8 Å². The Labute approximate surface area is 316 Å². The lowest BCUT2D eigenvalue weighted by Gasteiger charge is -2.37. The molecule has 6 aliphatic rings. The Morgan fingerprint density at radius 3 is 1.91 bits per heavy atom. The van der Waals surface area contributed by atoms with Gasteiger partial charge in [-0.05, 0) is 66.1 Å². The first-order chi connectivity index (χ1) is 24.5. The van der Waals surface area contributed by atoms with Gasteiger partial charge in [0.25, 0.3) is 0 Å². The van der Waals surface area contributed by atoms with Gasteiger partial charge in [-0.3, -0.25) is 28.7 Å². The summed E-state index contributed by atoms with van der Waals surface area (Å²) in [7, 11) is -3.82. The molecule has 4 saturated carbocycles. The molecule has 0 bridgehead atoms. The minimum absolute atomic E-state index is 0.0202. The molecule has 2 spiro atoms. The van der Waals surface area contributed by atoms with Gasteiger partial charge in [-0.15, -0.1) is 6.58 Å². The van der Waals surface area contributed by atoms with E-state index < -0.39 is 55.3 Å². The first-order valence-electron chi connectivity index (χ1n) is 19.9. The fourth-order valence-electron chi connectivity index (χ4n) is 10.7. The van der Waals surface area contributed by atoms with Gasteiger partial charge in [0.15, 0.2) is 5.78 Å². The number of hydrogen-bond donors (Lipinski definition) is 1. The van der Waals surface area contributed by atoms with Gasteiger partial charge in [0.2, 0.25) is 27.7 Å². The van der Waals surface area contributed by atoms with Crippen LogP contribution in [0, 0.1) is 50.2 Å². The average Bonchev–Trinajstić information content (AvgIpc) is 3.99. The second-order valence-corrected chi connectivity index (χ2v) is 22.0. The molecule has 0 radical (unpaired) electrons. The smallest absolute Gasteiger partial charge is 0.240 e. The number of ether oxygens (including phenoxy) is 1. The number of carbonyl (C=O) groups is 5. The monoisotopic (exact) mass is 757 g/mol. The van der Waals surface area contributed by atoms with E-state index in [1.165, 1.54) is 0 Å². The summed E-state index contributed by atoms with van der Waals surface area (Å²) in [5, 5.41) is -0.577. The third kappa shape index (κ3) is 6.73. The molecule has 12 heteroatoms. The number of nitrogens with zero attached hydrogens (tertiary/aromatic N) is 2. The Morgan fingerprint density at radius 2 is 1.45 bits per heavy atom. The molecule has 0 unspecified atom stereocenters. The number of allylic oxidation sites excluding steroid dienone is 1. The highest BCUT2D eigenvalue weighted by molar-refractivity contribution is 7.90. The van der Waals surface area contributed by atoms with Crippen molar-refractivity contribution in [1.29, 1.82) is 0 Å². The van der Waals surface area contributed by atoms with Gasteiger partial charge in [0.1, 0.15) is 5.78 Å². The normalized spacial score (nSPS) is 31.4. The number of nitrogens with one attached hydrogen (secondary N) is 1. The number of likely N-dealkylation sites (tertiary alicyclic amines) is 1. The van der Waals surface area contributed by atoms with Crippen molar-refractivity contribution in [1.82, 2.24) is 14.5 Å². The van der Waals surface area contributed by atoms with Crippen LogP contribution < -0.4 is 4.72 Å². The molecule has 296 valence electrons. The summed E-state index contributed by atoms with van der Waals surface area (Å²) < 4.78 is 33.3. The van der Waals surface area contributed by atoms with E-state index in [2.05, 4.69) is 25.1 Å². The van der Waals surface area contributed by atoms with Crippen molar-refractivity contribution in [2.75, 3.05) is 32.8 Å². The Bertz CT molecular complexity index is 1660. The van der Waals surface area contributed by atoms with Crippen LogP contribution in [-0.2, 0) is 38.7 Å². The molecule has 2 saturated heterocycles. The molecule has 11 nitrogen and oxygen atoms in total. The van der Waals surface area contributed by atoms with Crippen LogP contribution in [0.15, 0.2) is 12.7 Å². The van der Waals surface area contributed by atoms with Gasteiger partial charge < -0.3 is 14.5 Å². The number of amides is 3. The molecule has 0 aromatic heterocycles. The summed E-state index contributed by atoms with van der Waals surface area (Å²) in [5.74, 6) is -2.99. The van der Waals surface area contributed by atoms with Crippen LogP contribution in [0.4, 0.5) is 0 Å². The molecule has 1 N–H and O–H groups in total. The minimum atomic E-state index is -3.82. The molecule has 3 amide bonds. The zero-order valence-electron chi connectivity index (χ0n) is 33.3. The Morgan fingerprint density at radius 1 is 0.887 bits per heavy atom. The van der Waals surface area contributed by atoms with Crippen molar-refractivity contribution < 1.29 is 37.1 Å². The molecule has 2 aliphatic heterocycles. The van der Waals surface area contributed by atoms with Crippen molar-refractivity contribution >= 4 is 39.3 Å². The summed E-state index contributed by atoms with van der Waals surface area (Å²) in [4.78, 5) is 74.6. The highest BCUT2D eigenvalue weighted by Gasteiger charge is 2.85. The molecule has 6 rings (SSSR count). The second-order valence-electron chi connectivity index (χ2n) is 20.1. The number of fused-ring (bicyclic) bond motifs is 1. The highest BCUT2D eigenvalue weighted by Crippen LogP contribution is 2.88. The second kappa shape index (κ2) is 13.3. The average molecular weight is 758 g/mol. The van der Waals surface area contributed by atoms with Crippen LogP contribution in [0.1, 0.15) is 120 Å². The number of Topliss-reactive ketones (excluding diaryl/α,β-unsaturated/α-hetero) is 2. The van der Waals surface area contributed by atoms with Crippen molar-refractivity contribution in [3.8, 4) is 0 Å². The molecule has 0 aromatic rings. The number of hydrogen-bond acceptors (Lipinski definition) is 8. The predicted octanol–water partition coefficient (Wildman–Crippen LogP) is 5.08. The van der Waals surface area contributed by atoms with Crippen LogP contribution in [0.25, 0.3) is 0 Å². The molecule has 4 aliphatic carbocycles. The van der Waals surface area contributed by atoms with Gasteiger partial charge in [-0.2, -0.15) is 0 Å². The van der Waals surface area contributed by atoms with Crippen LogP contribution in [0.2, 0.25) is 0 Å². The number of rotatable bonds is 13. The molecule has 53 heavy (non-hydrogen) atoms. The van der Waals surface area contributed by atoms with Crippen LogP contribution in [0.3, 0.4) is 0 Å². The molecule has 6 atom stereocenters. The maximum atomic E-state index is 15.0. The largest absolute Gasteiger partial charge is 0.378 e. The topological polar surface area (TPSA) is 147 Å². The van der Waals surface area contributed by atoms with E-state index in [0.29, 0.717) is 58.5 Å². The Hall–Kier alpha value is -2.60. The van der Waals surface area contributed by atoms with Crippen LogP contribution >= 0.6 is 0 Å². The lowest BCUT2D eigenvalue weighted by atomic mass is 9.73. The summed E-state index contributed by atoms with van der Waals surface area (Å²) >= 11 is 0. The number of carbonyl (C=O) groups excluding carboxylic acids is 5. The molecule has 0 aromatic carbocycles. The Kier molecular flexibility index (Phi) is 10.0. The number of ketones is 2. The van der Waals surface area contributed by atoms with Gasteiger partial charge in [-0.1, -0.05) is 67.9 Å². The summed E-state index contributed by atoms with van der Waals surface area (Å²) in [6.45, 7) is 22.4. The van der Waals surface area contributed by atoms with E-state index in [1.54, 1.807) is 15.9 Å². The molecular weight excluding hydrogens is 695 g/mol. The van der Waals surface area contributed by atoms with Crippen LogP contribution in [-0.4, -0.2) is 91.6 Å². The zero-order valence-corrected chi connectivity index (χ0v) is 34.2. The van der Waals surface area contributed by atoms with E-state index in [1.807, 2.05) is 41.5 Å². The van der Waals surface area contributed by atoms with Gasteiger partial charge in [-0.25, -0.2) is 8.42 Å². The lowest BCUT2D eigenvalue weighted by Crippen LogP contribution is -2.49. The summed E-state index contributed by atoms with van der Waals surface area (Å²) in [6, 6.07) is -0.789. The van der Waals surface area contributed by atoms with Crippen molar-refractivity contribution in [3.63, 3.8) is 0 Å². The standard InChI is InChI=1S/C41H63N3O8S/c1-10-26-22-39(26,35(49)42-53(50,51)28-12-13-28)24-32(46)31-23-41(38(8,9)40(41)14-11-15-40)25-44(31)34(48)30(37(5,6)7)21-27(45)20-29(36(2,3)4)33(47)43-16-18-52-19-17-43/h10,26,28-31H,1,11-25H2,2-9H3,(H,42,49)/t26-,29-,30-,31+,39-,41-/m1/s1. The zero-order chi connectivity index (χ0) is 39.2. The maximum absolute atomic E-state index is 15.0. The fourth-order valence-corrected chi connectivity index (χ4v) is 12.1.